The molecule has 0 bridgehead atoms. The van der Waals surface area contributed by atoms with E-state index in [1.165, 1.54) is 0 Å². The molecule has 2 heteroatoms. The van der Waals surface area contributed by atoms with Crippen molar-refractivity contribution in [3.05, 3.63) is 36.2 Å². The van der Waals surface area contributed by atoms with Crippen LogP contribution in [0.4, 0.5) is 0 Å². The van der Waals surface area contributed by atoms with Crippen molar-refractivity contribution in [2.75, 3.05) is 0 Å². The van der Waals surface area contributed by atoms with Crippen molar-refractivity contribution in [2.45, 2.75) is 6.54 Å². The highest BCUT2D eigenvalue weighted by molar-refractivity contribution is 5.41. The van der Waals surface area contributed by atoms with Gasteiger partial charge in [-0.1, -0.05) is 12.6 Å². The fraction of sp³-hybridized carbons (Fsp3) is 0.125. The van der Waals surface area contributed by atoms with Crippen molar-refractivity contribution in [1.82, 2.24) is 4.98 Å². The Bertz CT molecular complexity index is 230. The van der Waals surface area contributed by atoms with Crippen molar-refractivity contribution in [1.29, 1.82) is 0 Å². The molecule has 0 fully saturated rings. The minimum atomic E-state index is 0.488. The first kappa shape index (κ1) is 6.96. The fourth-order valence-electron chi connectivity index (χ4n) is 0.726. The number of aromatic nitrogens is 1. The summed E-state index contributed by atoms with van der Waals surface area (Å²) in [6, 6.07) is 5.71. The van der Waals surface area contributed by atoms with Crippen LogP contribution in [0.25, 0.3) is 6.08 Å². The molecule has 0 saturated heterocycles. The highest BCUT2D eigenvalue weighted by Gasteiger charge is 1.89. The predicted molar refractivity (Wildman–Crippen MR) is 42.2 cm³/mol. The van der Waals surface area contributed by atoms with Gasteiger partial charge >= 0.3 is 0 Å². The van der Waals surface area contributed by atoms with Gasteiger partial charge in [0.05, 0.1) is 11.4 Å². The van der Waals surface area contributed by atoms with Crippen LogP contribution in [0.15, 0.2) is 24.8 Å². The number of hydrogen-bond acceptors (Lipinski definition) is 2. The van der Waals surface area contributed by atoms with Gasteiger partial charge in [0.1, 0.15) is 0 Å². The third-order valence-corrected chi connectivity index (χ3v) is 1.25. The standard InChI is InChI=1S/C8H10N2/c1-2-7-4-3-5-8(6-9)10-7/h2-5H,1,6,9H2. The first-order valence-corrected chi connectivity index (χ1v) is 3.15. The molecule has 1 aromatic rings. The third-order valence-electron chi connectivity index (χ3n) is 1.25. The Hall–Kier alpha value is -1.15. The van der Waals surface area contributed by atoms with Crippen LogP contribution in [0, 0.1) is 0 Å². The zero-order chi connectivity index (χ0) is 7.40. The van der Waals surface area contributed by atoms with Gasteiger partial charge < -0.3 is 5.73 Å². The molecule has 1 aromatic heterocycles. The molecule has 1 heterocycles. The molecule has 0 spiro atoms. The Kier molecular flexibility index (Phi) is 2.18. The average molecular weight is 134 g/mol. The molecule has 0 aromatic carbocycles. The summed E-state index contributed by atoms with van der Waals surface area (Å²) in [5.41, 5.74) is 7.15. The average Bonchev–Trinajstić information content (AvgIpc) is 2.05. The quantitative estimate of drug-likeness (QED) is 0.659. The highest BCUT2D eigenvalue weighted by Crippen LogP contribution is 1.98. The molecule has 2 nitrogen and oxygen atoms in total. The fourth-order valence-corrected chi connectivity index (χ4v) is 0.726. The Balaban J connectivity index is 2.98. The number of rotatable bonds is 2. The second-order valence-electron chi connectivity index (χ2n) is 1.96. The maximum Gasteiger partial charge on any atom is 0.0627 e. The van der Waals surface area contributed by atoms with Gasteiger partial charge in [-0.25, -0.2) is 0 Å². The van der Waals surface area contributed by atoms with Crippen LogP contribution < -0.4 is 5.73 Å². The van der Waals surface area contributed by atoms with Gasteiger partial charge in [0, 0.05) is 6.54 Å². The molecule has 10 heavy (non-hydrogen) atoms. The summed E-state index contributed by atoms with van der Waals surface area (Å²) in [6.07, 6.45) is 1.71. The normalized spacial score (nSPS) is 9.30. The molecule has 0 aliphatic rings. The molecule has 52 valence electrons. The van der Waals surface area contributed by atoms with Crippen molar-refractivity contribution in [3.8, 4) is 0 Å². The summed E-state index contributed by atoms with van der Waals surface area (Å²) < 4.78 is 0. The van der Waals surface area contributed by atoms with E-state index in [1.807, 2.05) is 18.2 Å². The zero-order valence-electron chi connectivity index (χ0n) is 5.75. The molecule has 0 unspecified atom stereocenters. The number of nitrogens with zero attached hydrogens (tertiary/aromatic N) is 1. The van der Waals surface area contributed by atoms with E-state index in [2.05, 4.69) is 11.6 Å². The van der Waals surface area contributed by atoms with E-state index in [-0.39, 0.29) is 0 Å². The smallest absolute Gasteiger partial charge is 0.0627 e. The van der Waals surface area contributed by atoms with Gasteiger partial charge in [0.2, 0.25) is 0 Å². The Morgan fingerprint density at radius 2 is 2.40 bits per heavy atom. The van der Waals surface area contributed by atoms with E-state index in [0.29, 0.717) is 6.54 Å². The molecular weight excluding hydrogens is 124 g/mol. The molecule has 2 N–H and O–H groups in total. The van der Waals surface area contributed by atoms with E-state index < -0.39 is 0 Å². The summed E-state index contributed by atoms with van der Waals surface area (Å²) >= 11 is 0. The molecule has 0 amide bonds. The zero-order valence-corrected chi connectivity index (χ0v) is 5.75. The minimum absolute atomic E-state index is 0.488. The largest absolute Gasteiger partial charge is 0.325 e. The highest BCUT2D eigenvalue weighted by atomic mass is 14.7. The maximum atomic E-state index is 5.38. The Morgan fingerprint density at radius 1 is 1.60 bits per heavy atom. The van der Waals surface area contributed by atoms with Gasteiger partial charge in [-0.15, -0.1) is 0 Å². The predicted octanol–water partition coefficient (Wildman–Crippen LogP) is 1.18. The molecule has 0 aliphatic heterocycles. The Morgan fingerprint density at radius 3 is 3.00 bits per heavy atom. The van der Waals surface area contributed by atoms with Crippen molar-refractivity contribution < 1.29 is 0 Å². The van der Waals surface area contributed by atoms with Crippen LogP contribution in [0.3, 0.4) is 0 Å². The lowest BCUT2D eigenvalue weighted by Gasteiger charge is -1.95. The van der Waals surface area contributed by atoms with Crippen LogP contribution in [-0.4, -0.2) is 4.98 Å². The molecule has 0 aliphatic carbocycles. The molecular formula is C8H10N2. The Labute approximate surface area is 60.4 Å². The van der Waals surface area contributed by atoms with Gasteiger partial charge in [-0.05, 0) is 18.2 Å². The van der Waals surface area contributed by atoms with Gasteiger partial charge in [0.25, 0.3) is 0 Å². The summed E-state index contributed by atoms with van der Waals surface area (Å²) in [5.74, 6) is 0. The molecule has 0 radical (unpaired) electrons. The van der Waals surface area contributed by atoms with Gasteiger partial charge in [-0.2, -0.15) is 0 Å². The lowest BCUT2D eigenvalue weighted by molar-refractivity contribution is 0.985. The monoisotopic (exact) mass is 134 g/mol. The van der Waals surface area contributed by atoms with E-state index in [0.717, 1.165) is 11.4 Å². The summed E-state index contributed by atoms with van der Waals surface area (Å²) in [5, 5.41) is 0. The summed E-state index contributed by atoms with van der Waals surface area (Å²) in [6.45, 7) is 4.09. The first-order valence-electron chi connectivity index (χ1n) is 3.15. The van der Waals surface area contributed by atoms with E-state index >= 15 is 0 Å². The summed E-state index contributed by atoms with van der Waals surface area (Å²) in [4.78, 5) is 4.17. The maximum absolute atomic E-state index is 5.38. The van der Waals surface area contributed by atoms with Crippen molar-refractivity contribution >= 4 is 6.08 Å². The number of hydrogen-bond donors (Lipinski definition) is 1. The van der Waals surface area contributed by atoms with Crippen LogP contribution in [0.5, 0.6) is 0 Å². The lowest BCUT2D eigenvalue weighted by Crippen LogP contribution is -1.99. The van der Waals surface area contributed by atoms with Crippen LogP contribution in [0.1, 0.15) is 11.4 Å². The van der Waals surface area contributed by atoms with Gasteiger partial charge in [0.15, 0.2) is 0 Å². The van der Waals surface area contributed by atoms with Crippen molar-refractivity contribution in [3.63, 3.8) is 0 Å². The van der Waals surface area contributed by atoms with E-state index in [1.54, 1.807) is 6.08 Å². The molecule has 0 atom stereocenters. The van der Waals surface area contributed by atoms with Crippen LogP contribution in [-0.2, 0) is 6.54 Å². The van der Waals surface area contributed by atoms with E-state index in [9.17, 15) is 0 Å². The third kappa shape index (κ3) is 1.42. The minimum Gasteiger partial charge on any atom is -0.325 e. The van der Waals surface area contributed by atoms with Crippen LogP contribution >= 0.6 is 0 Å². The summed E-state index contributed by atoms with van der Waals surface area (Å²) in [7, 11) is 0. The van der Waals surface area contributed by atoms with E-state index in [4.69, 9.17) is 5.73 Å². The topological polar surface area (TPSA) is 38.9 Å². The second-order valence-corrected chi connectivity index (χ2v) is 1.96. The SMILES string of the molecule is C=Cc1cccc(CN)n1. The number of pyridine rings is 1. The lowest BCUT2D eigenvalue weighted by atomic mass is 10.3. The molecule has 0 saturated carbocycles. The van der Waals surface area contributed by atoms with Crippen molar-refractivity contribution in [2.24, 2.45) is 5.73 Å². The first-order chi connectivity index (χ1) is 4.86. The van der Waals surface area contributed by atoms with Gasteiger partial charge in [-0.3, -0.25) is 4.98 Å². The molecule has 1 rings (SSSR count). The van der Waals surface area contributed by atoms with Crippen LogP contribution in [0.2, 0.25) is 0 Å². The number of nitrogens with two attached hydrogens (primary N) is 1. The second kappa shape index (κ2) is 3.13.